The van der Waals surface area contributed by atoms with Crippen molar-refractivity contribution in [3.8, 4) is 0 Å². The fourth-order valence-corrected chi connectivity index (χ4v) is 5.02. The maximum atomic E-state index is 12.4. The van der Waals surface area contributed by atoms with E-state index < -0.39 is 29.2 Å². The molecule has 2 atom stereocenters. The first-order chi connectivity index (χ1) is 12.8. The van der Waals surface area contributed by atoms with Crippen LogP contribution in [0.15, 0.2) is 20.9 Å². The summed E-state index contributed by atoms with van der Waals surface area (Å²) in [6.45, 7) is 2.93. The second-order valence-electron chi connectivity index (χ2n) is 5.97. The Morgan fingerprint density at radius 1 is 1.41 bits per heavy atom. The van der Waals surface area contributed by atoms with E-state index in [2.05, 4.69) is 15.5 Å². The van der Waals surface area contributed by atoms with Gasteiger partial charge in [-0.25, -0.2) is 4.79 Å². The minimum absolute atomic E-state index is 0.0791. The highest BCUT2D eigenvalue weighted by atomic mass is 32.2. The van der Waals surface area contributed by atoms with Gasteiger partial charge in [-0.1, -0.05) is 11.8 Å². The molecule has 0 aliphatic carbocycles. The van der Waals surface area contributed by atoms with Crippen LogP contribution in [0.5, 0.6) is 0 Å². The lowest BCUT2D eigenvalue weighted by atomic mass is 10.0. The number of carbonyl (C=O) groups is 4. The van der Waals surface area contributed by atoms with E-state index in [4.69, 9.17) is 4.42 Å². The average Bonchev–Trinajstić information content (AvgIpc) is 3.01. The zero-order valence-corrected chi connectivity index (χ0v) is 16.1. The number of ketones is 1. The molecule has 1 saturated heterocycles. The number of carboxylic acids is 1. The summed E-state index contributed by atoms with van der Waals surface area (Å²) in [6, 6.07) is -0.830. The number of rotatable bonds is 7. The summed E-state index contributed by atoms with van der Waals surface area (Å²) in [4.78, 5) is 48.1. The number of β-lactam (4-membered cyclic amide) rings is 1. The SMILES string of the molecule is CC(=O)CC(=O)NC1C(=O)N2C(C(=O)O)=C(CSc3nnc(C)o3)CS[C@@H]12. The van der Waals surface area contributed by atoms with Gasteiger partial charge in [0.25, 0.3) is 11.1 Å². The molecule has 0 spiro atoms. The average molecular weight is 412 g/mol. The van der Waals surface area contributed by atoms with E-state index in [-0.39, 0.29) is 23.7 Å². The molecule has 1 fully saturated rings. The van der Waals surface area contributed by atoms with Crippen LogP contribution in [0.2, 0.25) is 0 Å². The molecule has 1 unspecified atom stereocenters. The van der Waals surface area contributed by atoms with Crippen LogP contribution in [0, 0.1) is 6.92 Å². The Morgan fingerprint density at radius 2 is 2.15 bits per heavy atom. The number of carboxylic acid groups (broad SMARTS) is 1. The molecule has 0 radical (unpaired) electrons. The van der Waals surface area contributed by atoms with Gasteiger partial charge in [0.1, 0.15) is 22.9 Å². The third-order valence-electron chi connectivity index (χ3n) is 3.85. The Kier molecular flexibility index (Phi) is 5.56. The molecule has 1 aromatic rings. The summed E-state index contributed by atoms with van der Waals surface area (Å²) in [5.74, 6) is -1.49. The van der Waals surface area contributed by atoms with E-state index in [9.17, 15) is 24.3 Å². The van der Waals surface area contributed by atoms with Crippen molar-refractivity contribution >= 4 is 47.1 Å². The molecule has 2 amide bonds. The standard InChI is InChI=1S/C15H16N4O6S2/c1-6(20)3-9(21)16-10-12(22)19-11(14(23)24)8(4-26-13(10)19)5-27-15-18-17-7(2)25-15/h10,13H,3-5H2,1-2H3,(H,16,21)(H,23,24)/t10?,13-/m0/s1. The second kappa shape index (κ2) is 7.72. The minimum atomic E-state index is -1.21. The Hall–Kier alpha value is -2.34. The molecular formula is C15H16N4O6S2. The number of fused-ring (bicyclic) bond motifs is 1. The summed E-state index contributed by atoms with van der Waals surface area (Å²) < 4.78 is 5.25. The predicted octanol–water partition coefficient (Wildman–Crippen LogP) is 0.188. The van der Waals surface area contributed by atoms with Crippen molar-refractivity contribution in [3.63, 3.8) is 0 Å². The third-order valence-corrected chi connectivity index (χ3v) is 6.10. The summed E-state index contributed by atoms with van der Waals surface area (Å²) in [5, 5.41) is 19.5. The quantitative estimate of drug-likeness (QED) is 0.362. The van der Waals surface area contributed by atoms with Crippen molar-refractivity contribution in [1.29, 1.82) is 0 Å². The number of thioether (sulfide) groups is 2. The van der Waals surface area contributed by atoms with Crippen LogP contribution >= 0.6 is 23.5 Å². The maximum absolute atomic E-state index is 12.4. The van der Waals surface area contributed by atoms with E-state index in [0.717, 1.165) is 0 Å². The molecular weight excluding hydrogens is 396 g/mol. The summed E-state index contributed by atoms with van der Waals surface area (Å²) >= 11 is 2.56. The number of hydrogen-bond donors (Lipinski definition) is 2. The number of aryl methyl sites for hydroxylation is 1. The van der Waals surface area contributed by atoms with Crippen LogP contribution in [0.3, 0.4) is 0 Å². The van der Waals surface area contributed by atoms with E-state index in [1.54, 1.807) is 6.92 Å². The van der Waals surface area contributed by atoms with Crippen LogP contribution in [0.25, 0.3) is 0 Å². The molecule has 144 valence electrons. The van der Waals surface area contributed by atoms with Crippen molar-refractivity contribution in [2.75, 3.05) is 11.5 Å². The number of Topliss-reactive ketones (excluding diaryl/α,β-unsaturated/α-hetero) is 1. The first kappa shape index (κ1) is 19.4. The molecule has 12 heteroatoms. The highest BCUT2D eigenvalue weighted by Gasteiger charge is 2.54. The second-order valence-corrected chi connectivity index (χ2v) is 8.00. The molecule has 2 aliphatic rings. The highest BCUT2D eigenvalue weighted by Crippen LogP contribution is 2.41. The maximum Gasteiger partial charge on any atom is 0.352 e. The van der Waals surface area contributed by atoms with Gasteiger partial charge in [0.15, 0.2) is 0 Å². The number of aliphatic carboxylic acids is 1. The van der Waals surface area contributed by atoms with Gasteiger partial charge in [-0.15, -0.1) is 22.0 Å². The van der Waals surface area contributed by atoms with Crippen molar-refractivity contribution in [2.45, 2.75) is 36.9 Å². The highest BCUT2D eigenvalue weighted by molar-refractivity contribution is 8.01. The van der Waals surface area contributed by atoms with Gasteiger partial charge in [0.2, 0.25) is 11.8 Å². The largest absolute Gasteiger partial charge is 0.477 e. The first-order valence-corrected chi connectivity index (χ1v) is 9.93. The van der Waals surface area contributed by atoms with Crippen molar-refractivity contribution in [3.05, 3.63) is 17.2 Å². The fourth-order valence-electron chi connectivity index (χ4n) is 2.73. The molecule has 0 saturated carbocycles. The number of hydrogen-bond acceptors (Lipinski definition) is 9. The van der Waals surface area contributed by atoms with Crippen LogP contribution < -0.4 is 5.32 Å². The minimum Gasteiger partial charge on any atom is -0.477 e. The lowest BCUT2D eigenvalue weighted by Gasteiger charge is -2.49. The summed E-state index contributed by atoms with van der Waals surface area (Å²) in [6.07, 6.45) is -0.311. The molecule has 2 aliphatic heterocycles. The molecule has 0 bridgehead atoms. The molecule has 10 nitrogen and oxygen atoms in total. The number of aromatic nitrogens is 2. The third kappa shape index (κ3) is 4.00. The monoisotopic (exact) mass is 412 g/mol. The zero-order valence-electron chi connectivity index (χ0n) is 14.4. The van der Waals surface area contributed by atoms with Gasteiger partial charge in [-0.05, 0) is 12.5 Å². The van der Waals surface area contributed by atoms with E-state index in [1.807, 2.05) is 0 Å². The van der Waals surface area contributed by atoms with Gasteiger partial charge in [-0.3, -0.25) is 19.3 Å². The molecule has 27 heavy (non-hydrogen) atoms. The van der Waals surface area contributed by atoms with Gasteiger partial charge >= 0.3 is 5.97 Å². The molecule has 1 aromatic heterocycles. The normalized spacial score (nSPS) is 21.6. The molecule has 0 aromatic carbocycles. The van der Waals surface area contributed by atoms with Crippen LogP contribution in [0.4, 0.5) is 0 Å². The van der Waals surface area contributed by atoms with Gasteiger partial charge in [0.05, 0.1) is 6.42 Å². The van der Waals surface area contributed by atoms with E-state index in [0.29, 0.717) is 22.4 Å². The Bertz CT molecular complexity index is 851. The van der Waals surface area contributed by atoms with E-state index >= 15 is 0 Å². The van der Waals surface area contributed by atoms with Gasteiger partial charge in [-0.2, -0.15) is 0 Å². The van der Waals surface area contributed by atoms with Crippen molar-refractivity contribution in [1.82, 2.24) is 20.4 Å². The summed E-state index contributed by atoms with van der Waals surface area (Å²) in [5.41, 5.74) is 0.482. The van der Waals surface area contributed by atoms with Crippen LogP contribution in [0.1, 0.15) is 19.2 Å². The lowest BCUT2D eigenvalue weighted by molar-refractivity contribution is -0.150. The number of carbonyl (C=O) groups excluding carboxylic acids is 3. The Balaban J connectivity index is 1.72. The topological polar surface area (TPSA) is 143 Å². The molecule has 3 heterocycles. The predicted molar refractivity (Wildman–Crippen MR) is 94.7 cm³/mol. The fraction of sp³-hybridized carbons (Fsp3) is 0.467. The Morgan fingerprint density at radius 3 is 2.74 bits per heavy atom. The van der Waals surface area contributed by atoms with Crippen LogP contribution in [-0.4, -0.2) is 66.7 Å². The van der Waals surface area contributed by atoms with Gasteiger partial charge < -0.3 is 14.8 Å². The first-order valence-electron chi connectivity index (χ1n) is 7.89. The van der Waals surface area contributed by atoms with Crippen molar-refractivity contribution < 1.29 is 28.7 Å². The zero-order chi connectivity index (χ0) is 19.7. The van der Waals surface area contributed by atoms with Gasteiger partial charge in [0, 0.05) is 18.4 Å². The van der Waals surface area contributed by atoms with Crippen LogP contribution in [-0.2, 0) is 19.2 Å². The Labute approximate surface area is 162 Å². The number of nitrogens with zero attached hydrogens (tertiary/aromatic N) is 3. The van der Waals surface area contributed by atoms with E-state index in [1.165, 1.54) is 35.3 Å². The number of nitrogens with one attached hydrogen (secondary N) is 1. The summed E-state index contributed by atoms with van der Waals surface area (Å²) in [7, 11) is 0. The van der Waals surface area contributed by atoms with Crippen molar-refractivity contribution in [2.24, 2.45) is 0 Å². The number of amides is 2. The molecule has 2 N–H and O–H groups in total. The smallest absolute Gasteiger partial charge is 0.352 e. The lowest BCUT2D eigenvalue weighted by Crippen LogP contribution is -2.70. The molecule has 3 rings (SSSR count).